The zero-order valence-electron chi connectivity index (χ0n) is 8.85. The predicted molar refractivity (Wildman–Crippen MR) is 65.6 cm³/mol. The van der Waals surface area contributed by atoms with E-state index in [0.29, 0.717) is 16.4 Å². The predicted octanol–water partition coefficient (Wildman–Crippen LogP) is 2.06. The first-order chi connectivity index (χ1) is 8.20. The monoisotopic (exact) mass is 230 g/mol. The van der Waals surface area contributed by atoms with Crippen LogP contribution in [0.5, 0.6) is 0 Å². The topological polar surface area (TPSA) is 72.8 Å². The van der Waals surface area contributed by atoms with Crippen LogP contribution in [-0.4, -0.2) is 17.2 Å². The normalized spacial score (nSPS) is 26.4. The van der Waals surface area contributed by atoms with Gasteiger partial charge in [-0.15, -0.1) is 0 Å². The second-order valence-corrected chi connectivity index (χ2v) is 4.05. The fourth-order valence-corrected chi connectivity index (χ4v) is 2.26. The number of hydrogen-bond acceptors (Lipinski definition) is 5. The van der Waals surface area contributed by atoms with Crippen LogP contribution in [0, 0.1) is 10.4 Å². The molecule has 1 aliphatic heterocycles. The van der Waals surface area contributed by atoms with Crippen molar-refractivity contribution in [2.24, 2.45) is 0 Å². The van der Waals surface area contributed by atoms with Gasteiger partial charge >= 0.3 is 0 Å². The maximum absolute atomic E-state index is 12.1. The van der Waals surface area contributed by atoms with Crippen LogP contribution >= 0.6 is 0 Å². The average molecular weight is 230 g/mol. The number of rotatable bonds is 0. The van der Waals surface area contributed by atoms with E-state index >= 15 is 0 Å². The summed E-state index contributed by atoms with van der Waals surface area (Å²) in [4.78, 5) is 0. The van der Waals surface area contributed by atoms with E-state index in [-0.39, 0.29) is 5.76 Å². The average Bonchev–Trinajstić information content (AvgIpc) is 2.36. The second-order valence-electron chi connectivity index (χ2n) is 4.05. The van der Waals surface area contributed by atoms with E-state index in [1.54, 1.807) is 36.4 Å². The maximum Gasteiger partial charge on any atom is 0.116 e. The highest BCUT2D eigenvalue weighted by molar-refractivity contribution is 5.77. The van der Waals surface area contributed by atoms with Crippen molar-refractivity contribution in [1.82, 2.24) is 0 Å². The molecule has 0 bridgehead atoms. The molecule has 0 aromatic heterocycles. The zero-order chi connectivity index (χ0) is 12.0. The van der Waals surface area contributed by atoms with E-state index in [1.165, 1.54) is 6.08 Å². The number of benzene rings is 1. The van der Waals surface area contributed by atoms with Crippen LogP contribution in [-0.2, 0) is 0 Å². The van der Waals surface area contributed by atoms with Crippen molar-refractivity contribution in [3.8, 4) is 0 Å². The van der Waals surface area contributed by atoms with Gasteiger partial charge in [-0.2, -0.15) is 0 Å². The van der Waals surface area contributed by atoms with Crippen LogP contribution in [0.15, 0.2) is 48.3 Å². The molecule has 0 saturated carbocycles. The van der Waals surface area contributed by atoms with Crippen LogP contribution in [0.25, 0.3) is 0 Å². The smallest absolute Gasteiger partial charge is 0.116 e. The minimum Gasteiger partial charge on any atom is -0.758 e. The van der Waals surface area contributed by atoms with Crippen molar-refractivity contribution in [3.05, 3.63) is 58.7 Å². The van der Waals surface area contributed by atoms with Crippen molar-refractivity contribution in [2.45, 2.75) is 12.1 Å². The van der Waals surface area contributed by atoms with Gasteiger partial charge in [-0.3, -0.25) is 0 Å². The molecule has 0 radical (unpaired) electrons. The Morgan fingerprint density at radius 1 is 1.06 bits per heavy atom. The minimum absolute atomic E-state index is 0.0807. The van der Waals surface area contributed by atoms with Gasteiger partial charge in [-0.1, -0.05) is 24.3 Å². The molecule has 17 heavy (non-hydrogen) atoms. The Bertz CT molecular complexity index is 512. The van der Waals surface area contributed by atoms with Gasteiger partial charge in [0.1, 0.15) is 5.76 Å². The van der Waals surface area contributed by atoms with E-state index in [2.05, 4.69) is 0 Å². The number of aliphatic hydroxyl groups is 1. The third-order valence-electron chi connectivity index (χ3n) is 3.08. The highest BCUT2D eigenvalue weighted by Crippen LogP contribution is 2.40. The van der Waals surface area contributed by atoms with Crippen molar-refractivity contribution in [2.75, 3.05) is 10.1 Å². The molecule has 88 valence electrons. The Labute approximate surface area is 98.0 Å². The Hall–Kier alpha value is -1.98. The van der Waals surface area contributed by atoms with Crippen molar-refractivity contribution >= 4 is 11.4 Å². The number of anilines is 2. The highest BCUT2D eigenvalue weighted by atomic mass is 16.5. The van der Waals surface area contributed by atoms with E-state index in [9.17, 15) is 15.5 Å². The molecule has 1 aliphatic carbocycles. The first-order valence-corrected chi connectivity index (χ1v) is 5.29. The van der Waals surface area contributed by atoms with E-state index < -0.39 is 12.1 Å². The largest absolute Gasteiger partial charge is 0.758 e. The number of aliphatic hydroxyl groups excluding tert-OH is 1. The molecule has 0 spiro atoms. The van der Waals surface area contributed by atoms with Gasteiger partial charge in [0.2, 0.25) is 0 Å². The van der Waals surface area contributed by atoms with E-state index in [4.69, 9.17) is 0 Å². The lowest BCUT2D eigenvalue weighted by Gasteiger charge is -2.55. The standard InChI is InChI=1S/C12H10N2O3/c15-11-7-3-6-10-12(11)14(17)9-5-2-1-4-8(9)13(10)16/h1-7,10,12,15H/q-2. The van der Waals surface area contributed by atoms with Gasteiger partial charge < -0.3 is 25.6 Å². The maximum atomic E-state index is 12.1. The Kier molecular flexibility index (Phi) is 2.10. The zero-order valence-corrected chi connectivity index (χ0v) is 8.85. The van der Waals surface area contributed by atoms with Crippen molar-refractivity contribution in [1.29, 1.82) is 0 Å². The first-order valence-electron chi connectivity index (χ1n) is 5.29. The number of hydrogen-bond donors (Lipinski definition) is 1. The van der Waals surface area contributed by atoms with Gasteiger partial charge in [-0.25, -0.2) is 0 Å². The summed E-state index contributed by atoms with van der Waals surface area (Å²) in [6, 6.07) is 5.05. The lowest BCUT2D eigenvalue weighted by Crippen LogP contribution is -2.53. The molecule has 1 heterocycles. The summed E-state index contributed by atoms with van der Waals surface area (Å²) in [5.41, 5.74) is 0.627. The van der Waals surface area contributed by atoms with Crippen LogP contribution in [0.1, 0.15) is 0 Å². The van der Waals surface area contributed by atoms with Gasteiger partial charge in [0.15, 0.2) is 0 Å². The van der Waals surface area contributed by atoms with Crippen LogP contribution < -0.4 is 10.1 Å². The summed E-state index contributed by atoms with van der Waals surface area (Å²) in [5, 5.41) is 35.4. The SMILES string of the molecule is [O-]N1c2ccccc2N([O-])C2C(O)=CC=CC21. The summed E-state index contributed by atoms with van der Waals surface area (Å²) < 4.78 is 0. The number of hydroxylamine groups is 2. The molecule has 2 aliphatic rings. The van der Waals surface area contributed by atoms with E-state index in [0.717, 1.165) is 5.06 Å². The number of fused-ring (bicyclic) bond motifs is 2. The quantitative estimate of drug-likeness (QED) is 0.738. The molecule has 0 amide bonds. The number of para-hydroxylation sites is 2. The molecule has 1 aromatic carbocycles. The van der Waals surface area contributed by atoms with Crippen LogP contribution in [0.4, 0.5) is 11.4 Å². The van der Waals surface area contributed by atoms with Crippen LogP contribution in [0.3, 0.4) is 0 Å². The van der Waals surface area contributed by atoms with Gasteiger partial charge in [0, 0.05) is 11.4 Å². The third kappa shape index (κ3) is 1.33. The Morgan fingerprint density at radius 3 is 2.41 bits per heavy atom. The summed E-state index contributed by atoms with van der Waals surface area (Å²) in [6.07, 6.45) is 4.65. The molecule has 1 N–H and O–H groups in total. The summed E-state index contributed by atoms with van der Waals surface area (Å²) in [7, 11) is 0. The Morgan fingerprint density at radius 2 is 1.71 bits per heavy atom. The Balaban J connectivity index is 2.15. The molecule has 3 rings (SSSR count). The molecular formula is C12H10N2O3-2. The van der Waals surface area contributed by atoms with Crippen molar-refractivity contribution < 1.29 is 5.11 Å². The minimum atomic E-state index is -0.854. The number of allylic oxidation sites excluding steroid dienone is 2. The summed E-state index contributed by atoms with van der Waals surface area (Å²) >= 11 is 0. The molecule has 5 nitrogen and oxygen atoms in total. The molecule has 2 atom stereocenters. The third-order valence-corrected chi connectivity index (χ3v) is 3.08. The second kappa shape index (κ2) is 3.51. The fourth-order valence-electron chi connectivity index (χ4n) is 2.26. The molecule has 1 aromatic rings. The van der Waals surface area contributed by atoms with E-state index in [1.807, 2.05) is 0 Å². The van der Waals surface area contributed by atoms with Gasteiger partial charge in [-0.05, 0) is 18.2 Å². The molecular weight excluding hydrogens is 220 g/mol. The molecule has 2 unspecified atom stereocenters. The molecule has 5 heteroatoms. The van der Waals surface area contributed by atoms with Crippen molar-refractivity contribution in [3.63, 3.8) is 0 Å². The van der Waals surface area contributed by atoms with Crippen LogP contribution in [0.2, 0.25) is 0 Å². The fraction of sp³-hybridized carbons (Fsp3) is 0.167. The lowest BCUT2D eigenvalue weighted by molar-refractivity contribution is 0.347. The van der Waals surface area contributed by atoms with Gasteiger partial charge in [0.25, 0.3) is 0 Å². The number of nitrogens with zero attached hydrogens (tertiary/aromatic N) is 2. The highest BCUT2D eigenvalue weighted by Gasteiger charge is 2.33. The lowest BCUT2D eigenvalue weighted by atomic mass is 9.96. The molecule has 0 fully saturated rings. The summed E-state index contributed by atoms with van der Waals surface area (Å²) in [5.74, 6) is -0.0807. The molecule has 0 saturated heterocycles. The summed E-state index contributed by atoms with van der Waals surface area (Å²) in [6.45, 7) is 0. The van der Waals surface area contributed by atoms with Gasteiger partial charge in [0.05, 0.1) is 12.1 Å². The first kappa shape index (κ1) is 10.2.